The third-order valence-corrected chi connectivity index (χ3v) is 3.75. The maximum atomic E-state index is 11.0. The Morgan fingerprint density at radius 2 is 2.14 bits per heavy atom. The standard InChI is InChI=1S/C16H15ClN2O2/c1-16(2)13-7-11(10-4-3-5-12(17)6-10)8-18-15(13)19-14(9-20)21-16/h3-9,14H,1-2H3,(H,18,19). The molecule has 1 aliphatic rings. The van der Waals surface area contributed by atoms with Crippen molar-refractivity contribution in [3.8, 4) is 11.1 Å². The van der Waals surface area contributed by atoms with E-state index in [-0.39, 0.29) is 0 Å². The van der Waals surface area contributed by atoms with Crippen molar-refractivity contribution in [1.29, 1.82) is 0 Å². The molecule has 0 saturated carbocycles. The summed E-state index contributed by atoms with van der Waals surface area (Å²) in [5, 5.41) is 3.65. The lowest BCUT2D eigenvalue weighted by molar-refractivity contribution is -0.129. The summed E-state index contributed by atoms with van der Waals surface area (Å²) in [4.78, 5) is 15.4. The highest BCUT2D eigenvalue weighted by Gasteiger charge is 2.34. The Morgan fingerprint density at radius 1 is 1.33 bits per heavy atom. The van der Waals surface area contributed by atoms with Gasteiger partial charge in [0, 0.05) is 22.3 Å². The molecule has 21 heavy (non-hydrogen) atoms. The third kappa shape index (κ3) is 2.64. The molecule has 2 aromatic rings. The van der Waals surface area contributed by atoms with Gasteiger partial charge in [0.05, 0.1) is 5.60 Å². The number of anilines is 1. The fourth-order valence-corrected chi connectivity index (χ4v) is 2.66. The highest BCUT2D eigenvalue weighted by molar-refractivity contribution is 6.30. The number of hydrogen-bond donors (Lipinski definition) is 1. The number of aldehydes is 1. The lowest BCUT2D eigenvalue weighted by Gasteiger charge is -2.36. The van der Waals surface area contributed by atoms with Gasteiger partial charge in [-0.3, -0.25) is 4.79 Å². The van der Waals surface area contributed by atoms with Crippen molar-refractivity contribution in [3.05, 3.63) is 47.1 Å². The van der Waals surface area contributed by atoms with Gasteiger partial charge >= 0.3 is 0 Å². The Hall–Kier alpha value is -1.91. The molecule has 0 spiro atoms. The lowest BCUT2D eigenvalue weighted by atomic mass is 9.94. The van der Waals surface area contributed by atoms with E-state index in [1.54, 1.807) is 6.20 Å². The molecule has 4 nitrogen and oxygen atoms in total. The number of hydrogen-bond acceptors (Lipinski definition) is 4. The molecule has 0 aliphatic carbocycles. The number of nitrogens with one attached hydrogen (secondary N) is 1. The predicted octanol–water partition coefficient (Wildman–Crippen LogP) is 3.60. The van der Waals surface area contributed by atoms with Crippen LogP contribution < -0.4 is 5.32 Å². The van der Waals surface area contributed by atoms with Gasteiger partial charge < -0.3 is 10.1 Å². The minimum Gasteiger partial charge on any atom is -0.341 e. The van der Waals surface area contributed by atoms with Gasteiger partial charge in [-0.1, -0.05) is 23.7 Å². The van der Waals surface area contributed by atoms with E-state index in [1.807, 2.05) is 44.2 Å². The molecule has 3 rings (SSSR count). The smallest absolute Gasteiger partial charge is 0.186 e. The SMILES string of the molecule is CC1(C)OC(C=O)Nc2ncc(-c3cccc(Cl)c3)cc21. The fraction of sp³-hybridized carbons (Fsp3) is 0.250. The first-order valence-corrected chi connectivity index (χ1v) is 7.03. The van der Waals surface area contributed by atoms with E-state index in [9.17, 15) is 4.79 Å². The topological polar surface area (TPSA) is 51.2 Å². The fourth-order valence-electron chi connectivity index (χ4n) is 2.47. The molecule has 1 aromatic carbocycles. The van der Waals surface area contributed by atoms with Gasteiger partial charge in [-0.2, -0.15) is 0 Å². The van der Waals surface area contributed by atoms with Gasteiger partial charge in [0.2, 0.25) is 0 Å². The van der Waals surface area contributed by atoms with Crippen molar-refractivity contribution in [3.63, 3.8) is 0 Å². The van der Waals surface area contributed by atoms with Crippen molar-refractivity contribution in [2.75, 3.05) is 5.32 Å². The largest absolute Gasteiger partial charge is 0.341 e. The molecule has 2 heterocycles. The molecule has 5 heteroatoms. The summed E-state index contributed by atoms with van der Waals surface area (Å²) in [6, 6.07) is 9.62. The average Bonchev–Trinajstić information content (AvgIpc) is 2.46. The number of ether oxygens (including phenoxy) is 1. The van der Waals surface area contributed by atoms with Crippen molar-refractivity contribution in [2.24, 2.45) is 0 Å². The van der Waals surface area contributed by atoms with Crippen LogP contribution in [0.3, 0.4) is 0 Å². The van der Waals surface area contributed by atoms with Crippen LogP contribution in [0.1, 0.15) is 19.4 Å². The van der Waals surface area contributed by atoms with Gasteiger partial charge in [0.25, 0.3) is 0 Å². The van der Waals surface area contributed by atoms with Crippen LogP contribution >= 0.6 is 11.6 Å². The van der Waals surface area contributed by atoms with Crippen molar-refractivity contribution < 1.29 is 9.53 Å². The van der Waals surface area contributed by atoms with Crippen molar-refractivity contribution in [1.82, 2.24) is 4.98 Å². The highest BCUT2D eigenvalue weighted by atomic mass is 35.5. The minimum atomic E-state index is -0.669. The summed E-state index contributed by atoms with van der Waals surface area (Å²) in [6.07, 6.45) is 1.83. The van der Waals surface area contributed by atoms with Crippen LogP contribution in [0.15, 0.2) is 36.5 Å². The number of benzene rings is 1. The first-order chi connectivity index (χ1) is 9.99. The molecular formula is C16H15ClN2O2. The van der Waals surface area contributed by atoms with Crippen LogP contribution in [0.5, 0.6) is 0 Å². The molecule has 0 bridgehead atoms. The number of carbonyl (C=O) groups is 1. The lowest BCUT2D eigenvalue weighted by Crippen LogP contribution is -2.40. The van der Waals surface area contributed by atoms with Gasteiger partial charge in [-0.05, 0) is 37.6 Å². The first kappa shape index (κ1) is 14.0. The van der Waals surface area contributed by atoms with E-state index in [0.717, 1.165) is 23.0 Å². The Bertz CT molecular complexity index is 700. The summed E-state index contributed by atoms with van der Waals surface area (Å²) >= 11 is 6.04. The van der Waals surface area contributed by atoms with Crippen LogP contribution in [-0.4, -0.2) is 17.5 Å². The molecule has 1 N–H and O–H groups in total. The molecule has 1 aromatic heterocycles. The molecule has 1 atom stereocenters. The Kier molecular flexibility index (Phi) is 3.43. The number of halogens is 1. The Balaban J connectivity index is 2.07. The number of carbonyl (C=O) groups excluding carboxylic acids is 1. The molecule has 0 saturated heterocycles. The molecular weight excluding hydrogens is 288 g/mol. The van der Waals surface area contributed by atoms with E-state index in [4.69, 9.17) is 16.3 Å². The quantitative estimate of drug-likeness (QED) is 0.861. The van der Waals surface area contributed by atoms with E-state index in [0.29, 0.717) is 10.8 Å². The van der Waals surface area contributed by atoms with Crippen molar-refractivity contribution in [2.45, 2.75) is 25.7 Å². The summed E-state index contributed by atoms with van der Waals surface area (Å²) < 4.78 is 5.72. The van der Waals surface area contributed by atoms with E-state index < -0.39 is 11.8 Å². The second-order valence-electron chi connectivity index (χ2n) is 5.46. The van der Waals surface area contributed by atoms with Crippen molar-refractivity contribution >= 4 is 23.7 Å². The second-order valence-corrected chi connectivity index (χ2v) is 5.90. The predicted molar refractivity (Wildman–Crippen MR) is 82.3 cm³/mol. The van der Waals surface area contributed by atoms with Gasteiger partial charge in [0.1, 0.15) is 5.82 Å². The van der Waals surface area contributed by atoms with E-state index in [2.05, 4.69) is 10.3 Å². The third-order valence-electron chi connectivity index (χ3n) is 3.52. The molecule has 0 amide bonds. The van der Waals surface area contributed by atoms with E-state index in [1.165, 1.54) is 0 Å². The molecule has 1 unspecified atom stereocenters. The van der Waals surface area contributed by atoms with Gasteiger partial charge in [-0.15, -0.1) is 0 Å². The maximum Gasteiger partial charge on any atom is 0.186 e. The number of rotatable bonds is 2. The molecule has 0 radical (unpaired) electrons. The molecule has 1 aliphatic heterocycles. The number of nitrogens with zero attached hydrogens (tertiary/aromatic N) is 1. The highest BCUT2D eigenvalue weighted by Crippen LogP contribution is 2.37. The monoisotopic (exact) mass is 302 g/mol. The van der Waals surface area contributed by atoms with Gasteiger partial charge in [-0.25, -0.2) is 4.98 Å². The first-order valence-electron chi connectivity index (χ1n) is 6.66. The molecule has 108 valence electrons. The zero-order valence-electron chi connectivity index (χ0n) is 11.8. The zero-order chi connectivity index (χ0) is 15.0. The summed E-state index contributed by atoms with van der Waals surface area (Å²) in [6.45, 7) is 3.85. The summed E-state index contributed by atoms with van der Waals surface area (Å²) in [5.41, 5.74) is 2.27. The average molecular weight is 303 g/mol. The number of fused-ring (bicyclic) bond motifs is 1. The minimum absolute atomic E-state index is 0.590. The Morgan fingerprint density at radius 3 is 2.86 bits per heavy atom. The second kappa shape index (κ2) is 5.13. The van der Waals surface area contributed by atoms with Crippen LogP contribution in [0, 0.1) is 0 Å². The zero-order valence-corrected chi connectivity index (χ0v) is 12.5. The van der Waals surface area contributed by atoms with Crippen LogP contribution in [0.2, 0.25) is 5.02 Å². The van der Waals surface area contributed by atoms with Crippen LogP contribution in [0.25, 0.3) is 11.1 Å². The Labute approximate surface area is 128 Å². The number of pyridine rings is 1. The van der Waals surface area contributed by atoms with E-state index >= 15 is 0 Å². The summed E-state index contributed by atoms with van der Waals surface area (Å²) in [7, 11) is 0. The van der Waals surface area contributed by atoms with Crippen LogP contribution in [0.4, 0.5) is 5.82 Å². The maximum absolute atomic E-state index is 11.0. The number of aromatic nitrogens is 1. The van der Waals surface area contributed by atoms with Gasteiger partial charge in [0.15, 0.2) is 12.5 Å². The molecule has 0 fully saturated rings. The normalized spacial score (nSPS) is 19.5. The van der Waals surface area contributed by atoms with Crippen LogP contribution in [-0.2, 0) is 15.1 Å². The summed E-state index contributed by atoms with van der Waals surface area (Å²) in [5.74, 6) is 0.675.